The van der Waals surface area contributed by atoms with Crippen molar-refractivity contribution < 1.29 is 19.1 Å². The minimum atomic E-state index is -1.13. The maximum Gasteiger partial charge on any atom is 0.408 e. The smallest absolute Gasteiger partial charge is 0.408 e. The molecule has 0 radical (unpaired) electrons. The standard InChI is InChI=1S/C21H27N3O4/c1-21(2,3)24-20(26)28-18(14-27-13-15-9-5-4-6-10-15)19(25)23-17-12-8-7-11-16(17)22/h4-12,18H,13-14,22H2,1-3H3,(H,23,25)(H,24,26)/t18-/m0/s1. The van der Waals surface area contributed by atoms with Crippen LogP contribution in [0.1, 0.15) is 26.3 Å². The summed E-state index contributed by atoms with van der Waals surface area (Å²) in [6.45, 7) is 5.66. The average Bonchev–Trinajstić information content (AvgIpc) is 2.62. The maximum absolute atomic E-state index is 12.7. The molecule has 0 spiro atoms. The SMILES string of the molecule is CC(C)(C)NC(=O)O[C@@H](COCc1ccccc1)C(=O)Nc1ccccc1N. The van der Waals surface area contributed by atoms with Crippen LogP contribution in [0, 0.1) is 0 Å². The summed E-state index contributed by atoms with van der Waals surface area (Å²) in [6.07, 6.45) is -1.83. The molecule has 2 amide bonds. The van der Waals surface area contributed by atoms with Gasteiger partial charge in [0.25, 0.3) is 5.91 Å². The van der Waals surface area contributed by atoms with Gasteiger partial charge in [-0.1, -0.05) is 42.5 Å². The van der Waals surface area contributed by atoms with Gasteiger partial charge in [-0.2, -0.15) is 0 Å². The molecule has 150 valence electrons. The lowest BCUT2D eigenvalue weighted by atomic mass is 10.1. The second-order valence-electron chi connectivity index (χ2n) is 7.35. The number of carbonyl (C=O) groups excluding carboxylic acids is 2. The normalized spacial score (nSPS) is 12.1. The van der Waals surface area contributed by atoms with Crippen LogP contribution >= 0.6 is 0 Å². The number of nitrogens with two attached hydrogens (primary N) is 1. The highest BCUT2D eigenvalue weighted by Gasteiger charge is 2.26. The van der Waals surface area contributed by atoms with Crippen LogP contribution in [0.25, 0.3) is 0 Å². The fraction of sp³-hybridized carbons (Fsp3) is 0.333. The highest BCUT2D eigenvalue weighted by atomic mass is 16.6. The molecule has 0 saturated heterocycles. The number of nitrogen functional groups attached to an aromatic ring is 1. The molecule has 0 fully saturated rings. The third kappa shape index (κ3) is 7.28. The van der Waals surface area contributed by atoms with E-state index < -0.39 is 23.6 Å². The predicted molar refractivity (Wildman–Crippen MR) is 109 cm³/mol. The summed E-state index contributed by atoms with van der Waals surface area (Å²) in [5.41, 5.74) is 7.18. The van der Waals surface area contributed by atoms with Crippen molar-refractivity contribution in [1.29, 1.82) is 0 Å². The molecule has 2 aromatic carbocycles. The first-order valence-electron chi connectivity index (χ1n) is 9.00. The Labute approximate surface area is 165 Å². The number of carbonyl (C=O) groups is 2. The van der Waals surface area contributed by atoms with Gasteiger partial charge in [-0.15, -0.1) is 0 Å². The van der Waals surface area contributed by atoms with Gasteiger partial charge in [-0.3, -0.25) is 4.79 Å². The highest BCUT2D eigenvalue weighted by molar-refractivity contribution is 5.97. The van der Waals surface area contributed by atoms with E-state index in [2.05, 4.69) is 10.6 Å². The summed E-state index contributed by atoms with van der Waals surface area (Å²) >= 11 is 0. The zero-order chi connectivity index (χ0) is 20.6. The van der Waals surface area contributed by atoms with E-state index in [9.17, 15) is 9.59 Å². The van der Waals surface area contributed by atoms with Crippen LogP contribution in [0.15, 0.2) is 54.6 Å². The summed E-state index contributed by atoms with van der Waals surface area (Å²) in [4.78, 5) is 24.8. The van der Waals surface area contributed by atoms with Crippen molar-refractivity contribution in [2.24, 2.45) is 0 Å². The van der Waals surface area contributed by atoms with Crippen molar-refractivity contribution in [1.82, 2.24) is 5.32 Å². The second kappa shape index (κ2) is 9.75. The van der Waals surface area contributed by atoms with Crippen LogP contribution in [-0.2, 0) is 20.9 Å². The lowest BCUT2D eigenvalue weighted by Gasteiger charge is -2.23. The Morgan fingerprint density at radius 2 is 1.68 bits per heavy atom. The highest BCUT2D eigenvalue weighted by Crippen LogP contribution is 2.17. The fourth-order valence-electron chi connectivity index (χ4n) is 2.31. The zero-order valence-electron chi connectivity index (χ0n) is 16.4. The molecular formula is C21H27N3O4. The topological polar surface area (TPSA) is 103 Å². The molecule has 0 aliphatic rings. The van der Waals surface area contributed by atoms with E-state index in [1.165, 1.54) is 0 Å². The van der Waals surface area contributed by atoms with E-state index in [0.29, 0.717) is 18.0 Å². The Morgan fingerprint density at radius 1 is 1.04 bits per heavy atom. The van der Waals surface area contributed by atoms with Gasteiger partial charge >= 0.3 is 6.09 Å². The van der Waals surface area contributed by atoms with Crippen molar-refractivity contribution in [2.75, 3.05) is 17.7 Å². The van der Waals surface area contributed by atoms with E-state index in [1.807, 2.05) is 51.1 Å². The molecule has 2 rings (SSSR count). The Hall–Kier alpha value is -3.06. The van der Waals surface area contributed by atoms with Gasteiger partial charge in [-0.25, -0.2) is 4.79 Å². The monoisotopic (exact) mass is 385 g/mol. The summed E-state index contributed by atoms with van der Waals surface area (Å²) in [5.74, 6) is -0.518. The minimum Gasteiger partial charge on any atom is -0.434 e. The first-order chi connectivity index (χ1) is 13.2. The Morgan fingerprint density at radius 3 is 2.32 bits per heavy atom. The molecule has 2 aromatic rings. The Balaban J connectivity index is 2.02. The van der Waals surface area contributed by atoms with Crippen molar-refractivity contribution in [3.05, 3.63) is 60.2 Å². The van der Waals surface area contributed by atoms with Gasteiger partial charge in [0.15, 0.2) is 0 Å². The number of rotatable bonds is 7. The molecule has 0 aliphatic carbocycles. The van der Waals surface area contributed by atoms with Crippen molar-refractivity contribution in [2.45, 2.75) is 39.0 Å². The number of anilines is 2. The van der Waals surface area contributed by atoms with E-state index in [-0.39, 0.29) is 6.61 Å². The molecule has 28 heavy (non-hydrogen) atoms. The summed E-state index contributed by atoms with van der Waals surface area (Å²) in [7, 11) is 0. The van der Waals surface area contributed by atoms with Gasteiger partial charge < -0.3 is 25.8 Å². The number of benzene rings is 2. The van der Waals surface area contributed by atoms with E-state index >= 15 is 0 Å². The summed E-state index contributed by atoms with van der Waals surface area (Å²) in [6, 6.07) is 16.4. The number of alkyl carbamates (subject to hydrolysis) is 1. The number of hydrogen-bond donors (Lipinski definition) is 3. The predicted octanol–water partition coefficient (Wildman–Crippen LogP) is 3.32. The molecule has 4 N–H and O–H groups in total. The number of hydrogen-bond acceptors (Lipinski definition) is 5. The molecule has 7 nitrogen and oxygen atoms in total. The van der Waals surface area contributed by atoms with Gasteiger partial charge in [-0.05, 0) is 38.5 Å². The van der Waals surface area contributed by atoms with Crippen LogP contribution in [0.2, 0.25) is 0 Å². The molecule has 0 aromatic heterocycles. The molecule has 0 saturated carbocycles. The number of amides is 2. The quantitative estimate of drug-likeness (QED) is 0.635. The van der Waals surface area contributed by atoms with Crippen LogP contribution in [0.3, 0.4) is 0 Å². The van der Waals surface area contributed by atoms with Crippen LogP contribution in [0.4, 0.5) is 16.2 Å². The molecule has 0 bridgehead atoms. The molecule has 7 heteroatoms. The van der Waals surface area contributed by atoms with Crippen molar-refractivity contribution >= 4 is 23.4 Å². The third-order valence-corrected chi connectivity index (χ3v) is 3.62. The lowest BCUT2D eigenvalue weighted by Crippen LogP contribution is -2.45. The molecule has 1 atom stereocenters. The fourth-order valence-corrected chi connectivity index (χ4v) is 2.31. The van der Waals surface area contributed by atoms with Gasteiger partial charge in [0.05, 0.1) is 24.6 Å². The molecular weight excluding hydrogens is 358 g/mol. The Bertz CT molecular complexity index is 788. The van der Waals surface area contributed by atoms with Crippen LogP contribution in [0.5, 0.6) is 0 Å². The number of ether oxygens (including phenoxy) is 2. The van der Waals surface area contributed by atoms with E-state index in [0.717, 1.165) is 5.56 Å². The Kier molecular flexibility index (Phi) is 7.40. The number of nitrogens with one attached hydrogen (secondary N) is 2. The molecule has 0 heterocycles. The van der Waals surface area contributed by atoms with Crippen LogP contribution < -0.4 is 16.4 Å². The zero-order valence-corrected chi connectivity index (χ0v) is 16.4. The van der Waals surface area contributed by atoms with Crippen molar-refractivity contribution in [3.63, 3.8) is 0 Å². The lowest BCUT2D eigenvalue weighted by molar-refractivity contribution is -0.127. The molecule has 0 aliphatic heterocycles. The summed E-state index contributed by atoms with van der Waals surface area (Å²) in [5, 5.41) is 5.34. The first kappa shape index (κ1) is 21.2. The van der Waals surface area contributed by atoms with E-state index in [4.69, 9.17) is 15.2 Å². The average molecular weight is 385 g/mol. The number of para-hydroxylation sites is 2. The summed E-state index contributed by atoms with van der Waals surface area (Å²) < 4.78 is 10.9. The van der Waals surface area contributed by atoms with Crippen LogP contribution in [-0.4, -0.2) is 30.3 Å². The minimum absolute atomic E-state index is 0.0922. The van der Waals surface area contributed by atoms with Crippen molar-refractivity contribution in [3.8, 4) is 0 Å². The van der Waals surface area contributed by atoms with Gasteiger partial charge in [0.1, 0.15) is 0 Å². The third-order valence-electron chi connectivity index (χ3n) is 3.62. The maximum atomic E-state index is 12.7. The largest absolute Gasteiger partial charge is 0.434 e. The van der Waals surface area contributed by atoms with Gasteiger partial charge in [0, 0.05) is 5.54 Å². The second-order valence-corrected chi connectivity index (χ2v) is 7.35. The van der Waals surface area contributed by atoms with E-state index in [1.54, 1.807) is 24.3 Å². The molecule has 0 unspecified atom stereocenters. The van der Waals surface area contributed by atoms with Gasteiger partial charge in [0.2, 0.25) is 6.10 Å². The first-order valence-corrected chi connectivity index (χ1v) is 9.00.